The maximum atomic E-state index is 13.9. The van der Waals surface area contributed by atoms with Crippen molar-refractivity contribution in [2.75, 3.05) is 31.1 Å². The third-order valence-corrected chi connectivity index (χ3v) is 4.40. The summed E-state index contributed by atoms with van der Waals surface area (Å²) in [4.78, 5) is 20.9. The Hall–Kier alpha value is -2.47. The number of carbonyl (C=O) groups is 1. The molecule has 1 aromatic heterocycles. The molecular formula is C19H22FN3O2. The van der Waals surface area contributed by atoms with Gasteiger partial charge in [-0.3, -0.25) is 4.79 Å². The topological polar surface area (TPSA) is 56.7 Å². The quantitative estimate of drug-likeness (QED) is 0.931. The van der Waals surface area contributed by atoms with Crippen molar-refractivity contribution in [1.82, 2.24) is 9.88 Å². The zero-order valence-corrected chi connectivity index (χ0v) is 14.2. The fourth-order valence-corrected chi connectivity index (χ4v) is 3.00. The molecule has 0 bridgehead atoms. The van der Waals surface area contributed by atoms with Crippen molar-refractivity contribution in [3.05, 3.63) is 59.5 Å². The maximum absolute atomic E-state index is 13.9. The van der Waals surface area contributed by atoms with Gasteiger partial charge in [-0.2, -0.15) is 0 Å². The van der Waals surface area contributed by atoms with Gasteiger partial charge in [0.1, 0.15) is 11.6 Å². The molecule has 1 amide bonds. The fraction of sp³-hybridized carbons (Fsp3) is 0.368. The number of aliphatic hydroxyl groups excluding tert-OH is 1. The molecule has 1 aliphatic heterocycles. The first kappa shape index (κ1) is 17.4. The number of rotatable bonds is 3. The van der Waals surface area contributed by atoms with Crippen molar-refractivity contribution >= 4 is 11.7 Å². The van der Waals surface area contributed by atoms with Crippen molar-refractivity contribution in [2.45, 2.75) is 19.4 Å². The number of aromatic nitrogens is 1. The normalized spacial score (nSPS) is 16.4. The van der Waals surface area contributed by atoms with Crippen LogP contribution in [0.5, 0.6) is 0 Å². The Kier molecular flexibility index (Phi) is 5.28. The highest BCUT2D eigenvalue weighted by molar-refractivity contribution is 5.94. The van der Waals surface area contributed by atoms with E-state index in [1.54, 1.807) is 30.0 Å². The van der Waals surface area contributed by atoms with Crippen LogP contribution in [0.2, 0.25) is 0 Å². The van der Waals surface area contributed by atoms with Gasteiger partial charge in [0, 0.05) is 26.2 Å². The standard InChI is InChI=1S/C19H22FN3O2/c1-14(24)17-8-4-9-18(21-17)22-10-5-11-23(13-12-22)19(25)15-6-2-3-7-16(15)20/h2-4,6-9,14,24H,5,10-13H2,1H3. The van der Waals surface area contributed by atoms with E-state index < -0.39 is 11.9 Å². The molecule has 0 spiro atoms. The predicted molar refractivity (Wildman–Crippen MR) is 94.0 cm³/mol. The van der Waals surface area contributed by atoms with Crippen LogP contribution in [0.4, 0.5) is 10.2 Å². The van der Waals surface area contributed by atoms with Gasteiger partial charge in [0.05, 0.1) is 17.4 Å². The number of aliphatic hydroxyl groups is 1. The van der Waals surface area contributed by atoms with Crippen LogP contribution in [0.15, 0.2) is 42.5 Å². The van der Waals surface area contributed by atoms with Crippen molar-refractivity contribution in [3.63, 3.8) is 0 Å². The number of halogens is 1. The zero-order valence-electron chi connectivity index (χ0n) is 14.2. The molecule has 0 radical (unpaired) electrons. The van der Waals surface area contributed by atoms with E-state index in [0.717, 1.165) is 18.8 Å². The average molecular weight is 343 g/mol. The SMILES string of the molecule is CC(O)c1cccc(N2CCCN(C(=O)c3ccccc3F)CC2)n1. The number of amides is 1. The molecule has 1 aromatic carbocycles. The van der Waals surface area contributed by atoms with Gasteiger partial charge in [-0.1, -0.05) is 18.2 Å². The first-order valence-corrected chi connectivity index (χ1v) is 8.50. The van der Waals surface area contributed by atoms with Crippen LogP contribution in [0, 0.1) is 5.82 Å². The molecule has 132 valence electrons. The lowest BCUT2D eigenvalue weighted by molar-refractivity contribution is 0.0762. The van der Waals surface area contributed by atoms with Crippen molar-refractivity contribution in [2.24, 2.45) is 0 Å². The van der Waals surface area contributed by atoms with Crippen LogP contribution in [0.3, 0.4) is 0 Å². The molecule has 1 aliphatic rings. The number of pyridine rings is 1. The lowest BCUT2D eigenvalue weighted by Crippen LogP contribution is -2.35. The smallest absolute Gasteiger partial charge is 0.256 e. The van der Waals surface area contributed by atoms with E-state index >= 15 is 0 Å². The Morgan fingerprint density at radius 3 is 2.68 bits per heavy atom. The third kappa shape index (κ3) is 3.96. The van der Waals surface area contributed by atoms with Gasteiger partial charge in [0.15, 0.2) is 0 Å². The van der Waals surface area contributed by atoms with Gasteiger partial charge < -0.3 is 14.9 Å². The lowest BCUT2D eigenvalue weighted by atomic mass is 10.2. The number of nitrogens with zero attached hydrogens (tertiary/aromatic N) is 3. The largest absolute Gasteiger partial charge is 0.387 e. The van der Waals surface area contributed by atoms with Crippen LogP contribution in [0.1, 0.15) is 35.5 Å². The van der Waals surface area contributed by atoms with E-state index in [2.05, 4.69) is 9.88 Å². The van der Waals surface area contributed by atoms with Gasteiger partial charge in [0.25, 0.3) is 5.91 Å². The predicted octanol–water partition coefficient (Wildman–Crippen LogP) is 2.63. The monoisotopic (exact) mass is 343 g/mol. The molecule has 1 N–H and O–H groups in total. The molecule has 0 saturated carbocycles. The summed E-state index contributed by atoms with van der Waals surface area (Å²) in [5.74, 6) is 0.0316. The van der Waals surface area contributed by atoms with Crippen LogP contribution < -0.4 is 4.90 Å². The molecule has 5 nitrogen and oxygen atoms in total. The van der Waals surface area contributed by atoms with Gasteiger partial charge in [-0.05, 0) is 37.6 Å². The second-order valence-electron chi connectivity index (χ2n) is 6.21. The van der Waals surface area contributed by atoms with Crippen LogP contribution in [-0.2, 0) is 0 Å². The number of hydrogen-bond acceptors (Lipinski definition) is 4. The van der Waals surface area contributed by atoms with E-state index in [4.69, 9.17) is 0 Å². The van der Waals surface area contributed by atoms with E-state index in [1.165, 1.54) is 12.1 Å². The highest BCUT2D eigenvalue weighted by Crippen LogP contribution is 2.19. The minimum atomic E-state index is -0.619. The molecule has 1 saturated heterocycles. The number of benzene rings is 1. The Morgan fingerprint density at radius 2 is 1.92 bits per heavy atom. The molecule has 1 atom stereocenters. The van der Waals surface area contributed by atoms with E-state index in [9.17, 15) is 14.3 Å². The first-order valence-electron chi connectivity index (χ1n) is 8.50. The van der Waals surface area contributed by atoms with Crippen LogP contribution in [0.25, 0.3) is 0 Å². The van der Waals surface area contributed by atoms with Crippen molar-refractivity contribution < 1.29 is 14.3 Å². The van der Waals surface area contributed by atoms with Crippen molar-refractivity contribution in [3.8, 4) is 0 Å². The summed E-state index contributed by atoms with van der Waals surface area (Å²) in [5, 5.41) is 9.70. The van der Waals surface area contributed by atoms with Gasteiger partial charge in [-0.25, -0.2) is 9.37 Å². The van der Waals surface area contributed by atoms with Gasteiger partial charge in [0.2, 0.25) is 0 Å². The summed E-state index contributed by atoms with van der Waals surface area (Å²) in [6.45, 7) is 4.16. The summed E-state index contributed by atoms with van der Waals surface area (Å²) in [7, 11) is 0. The highest BCUT2D eigenvalue weighted by atomic mass is 19.1. The minimum Gasteiger partial charge on any atom is -0.387 e. The fourth-order valence-electron chi connectivity index (χ4n) is 3.00. The zero-order chi connectivity index (χ0) is 17.8. The second kappa shape index (κ2) is 7.61. The molecule has 1 unspecified atom stereocenters. The summed E-state index contributed by atoms with van der Waals surface area (Å²) in [5.41, 5.74) is 0.742. The summed E-state index contributed by atoms with van der Waals surface area (Å²) in [6, 6.07) is 11.7. The Bertz CT molecular complexity index is 751. The maximum Gasteiger partial charge on any atom is 0.256 e. The average Bonchev–Trinajstić information content (AvgIpc) is 2.88. The van der Waals surface area contributed by atoms with Crippen molar-refractivity contribution in [1.29, 1.82) is 0 Å². The molecule has 25 heavy (non-hydrogen) atoms. The Morgan fingerprint density at radius 1 is 1.12 bits per heavy atom. The first-order chi connectivity index (χ1) is 12.1. The second-order valence-corrected chi connectivity index (χ2v) is 6.21. The molecule has 6 heteroatoms. The third-order valence-electron chi connectivity index (χ3n) is 4.40. The molecule has 0 aliphatic carbocycles. The molecule has 2 heterocycles. The molecule has 1 fully saturated rings. The summed E-state index contributed by atoms with van der Waals surface area (Å²) < 4.78 is 13.9. The summed E-state index contributed by atoms with van der Waals surface area (Å²) in [6.07, 6.45) is 0.159. The Labute approximate surface area is 146 Å². The summed E-state index contributed by atoms with van der Waals surface area (Å²) >= 11 is 0. The van der Waals surface area contributed by atoms with E-state index in [0.29, 0.717) is 25.3 Å². The number of hydrogen-bond donors (Lipinski definition) is 1. The molecular weight excluding hydrogens is 321 g/mol. The minimum absolute atomic E-state index is 0.116. The lowest BCUT2D eigenvalue weighted by Gasteiger charge is -2.23. The number of anilines is 1. The molecule has 2 aromatic rings. The number of carbonyl (C=O) groups excluding carboxylic acids is 1. The van der Waals surface area contributed by atoms with E-state index in [1.807, 2.05) is 12.1 Å². The molecule has 3 rings (SSSR count). The Balaban J connectivity index is 1.71. The van der Waals surface area contributed by atoms with E-state index in [-0.39, 0.29) is 11.5 Å². The highest BCUT2D eigenvalue weighted by Gasteiger charge is 2.23. The van der Waals surface area contributed by atoms with Crippen LogP contribution >= 0.6 is 0 Å². The van der Waals surface area contributed by atoms with Gasteiger partial charge in [-0.15, -0.1) is 0 Å². The van der Waals surface area contributed by atoms with Crippen LogP contribution in [-0.4, -0.2) is 47.1 Å². The van der Waals surface area contributed by atoms with Gasteiger partial charge >= 0.3 is 0 Å².